The molecule has 0 saturated heterocycles. The standard InChI is InChI=1S/C20H23N3O3S/c1-14-7-5-6-8-17(14)19-23-22-18(26-19)13-21-27(24,25)16-11-9-15(10-12-16)20(2,3)4/h5-12,21H,13H2,1-4H3. The van der Waals surface area contributed by atoms with Gasteiger partial charge in [-0.1, -0.05) is 51.1 Å². The minimum absolute atomic E-state index is 0.0363. The summed E-state index contributed by atoms with van der Waals surface area (Å²) in [6.07, 6.45) is 0. The molecule has 0 radical (unpaired) electrons. The molecule has 2 aromatic carbocycles. The molecule has 0 unspecified atom stereocenters. The molecule has 0 aliphatic carbocycles. The van der Waals surface area contributed by atoms with Gasteiger partial charge in [-0.2, -0.15) is 0 Å². The van der Waals surface area contributed by atoms with Crippen molar-refractivity contribution in [2.24, 2.45) is 0 Å². The smallest absolute Gasteiger partial charge is 0.248 e. The van der Waals surface area contributed by atoms with Crippen LogP contribution in [0, 0.1) is 6.92 Å². The minimum atomic E-state index is -3.66. The van der Waals surface area contributed by atoms with Gasteiger partial charge in [-0.25, -0.2) is 13.1 Å². The fourth-order valence-electron chi connectivity index (χ4n) is 2.62. The van der Waals surface area contributed by atoms with E-state index in [2.05, 4.69) is 35.7 Å². The Labute approximate surface area is 159 Å². The molecule has 0 bridgehead atoms. The zero-order valence-corrected chi connectivity index (χ0v) is 16.7. The highest BCUT2D eigenvalue weighted by Gasteiger charge is 2.19. The predicted octanol–water partition coefficient (Wildman–Crippen LogP) is 3.82. The van der Waals surface area contributed by atoms with Crippen molar-refractivity contribution in [2.75, 3.05) is 0 Å². The number of benzene rings is 2. The molecule has 27 heavy (non-hydrogen) atoms. The van der Waals surface area contributed by atoms with Crippen molar-refractivity contribution >= 4 is 10.0 Å². The Morgan fingerprint density at radius 2 is 1.67 bits per heavy atom. The molecule has 0 aliphatic rings. The first-order valence-electron chi connectivity index (χ1n) is 8.65. The predicted molar refractivity (Wildman–Crippen MR) is 104 cm³/mol. The summed E-state index contributed by atoms with van der Waals surface area (Å²) in [7, 11) is -3.66. The van der Waals surface area contributed by atoms with E-state index < -0.39 is 10.0 Å². The zero-order chi connectivity index (χ0) is 19.7. The Kier molecular flexibility index (Phi) is 5.17. The minimum Gasteiger partial charge on any atom is -0.419 e. The van der Waals surface area contributed by atoms with Gasteiger partial charge in [0.2, 0.25) is 21.8 Å². The molecule has 3 aromatic rings. The van der Waals surface area contributed by atoms with E-state index in [1.165, 1.54) is 0 Å². The number of nitrogens with one attached hydrogen (secondary N) is 1. The Bertz CT molecular complexity index is 1030. The van der Waals surface area contributed by atoms with Gasteiger partial charge in [0.15, 0.2) is 0 Å². The van der Waals surface area contributed by atoms with Gasteiger partial charge in [0.25, 0.3) is 0 Å². The van der Waals surface area contributed by atoms with Crippen molar-refractivity contribution < 1.29 is 12.8 Å². The average Bonchev–Trinajstić information content (AvgIpc) is 3.09. The van der Waals surface area contributed by atoms with Gasteiger partial charge in [0, 0.05) is 5.56 Å². The highest BCUT2D eigenvalue weighted by molar-refractivity contribution is 7.89. The van der Waals surface area contributed by atoms with Gasteiger partial charge in [0.05, 0.1) is 11.4 Å². The maximum atomic E-state index is 12.5. The van der Waals surface area contributed by atoms with Crippen molar-refractivity contribution in [1.82, 2.24) is 14.9 Å². The largest absolute Gasteiger partial charge is 0.419 e. The third-order valence-electron chi connectivity index (χ3n) is 4.29. The monoisotopic (exact) mass is 385 g/mol. The summed E-state index contributed by atoms with van der Waals surface area (Å²) in [6.45, 7) is 8.12. The number of aromatic nitrogens is 2. The van der Waals surface area contributed by atoms with E-state index in [-0.39, 0.29) is 22.7 Å². The fraction of sp³-hybridized carbons (Fsp3) is 0.300. The van der Waals surface area contributed by atoms with Crippen LogP contribution in [-0.4, -0.2) is 18.6 Å². The van der Waals surface area contributed by atoms with Crippen molar-refractivity contribution in [1.29, 1.82) is 0 Å². The van der Waals surface area contributed by atoms with Crippen LogP contribution in [0.4, 0.5) is 0 Å². The summed E-state index contributed by atoms with van der Waals surface area (Å²) in [5, 5.41) is 7.94. The molecule has 1 aromatic heterocycles. The summed E-state index contributed by atoms with van der Waals surface area (Å²) in [5.41, 5.74) is 2.87. The SMILES string of the molecule is Cc1ccccc1-c1nnc(CNS(=O)(=O)c2ccc(C(C)(C)C)cc2)o1. The van der Waals surface area contributed by atoms with Gasteiger partial charge in [0.1, 0.15) is 0 Å². The summed E-state index contributed by atoms with van der Waals surface area (Å²) in [5.74, 6) is 0.583. The van der Waals surface area contributed by atoms with Crippen LogP contribution in [0.2, 0.25) is 0 Å². The molecule has 0 amide bonds. The normalized spacial score (nSPS) is 12.3. The topological polar surface area (TPSA) is 85.1 Å². The zero-order valence-electron chi connectivity index (χ0n) is 15.9. The molecular weight excluding hydrogens is 362 g/mol. The van der Waals surface area contributed by atoms with Crippen LogP contribution >= 0.6 is 0 Å². The lowest BCUT2D eigenvalue weighted by molar-refractivity contribution is 0.494. The first-order valence-corrected chi connectivity index (χ1v) is 10.1. The van der Waals surface area contributed by atoms with Crippen LogP contribution in [0.1, 0.15) is 37.8 Å². The second-order valence-electron chi connectivity index (χ2n) is 7.41. The van der Waals surface area contributed by atoms with E-state index in [1.54, 1.807) is 12.1 Å². The van der Waals surface area contributed by atoms with Gasteiger partial charge in [-0.3, -0.25) is 0 Å². The Balaban J connectivity index is 1.72. The fourth-order valence-corrected chi connectivity index (χ4v) is 3.60. The highest BCUT2D eigenvalue weighted by atomic mass is 32.2. The van der Waals surface area contributed by atoms with Crippen molar-refractivity contribution in [2.45, 2.75) is 44.6 Å². The van der Waals surface area contributed by atoms with Crippen LogP contribution in [0.25, 0.3) is 11.5 Å². The Morgan fingerprint density at radius 3 is 2.30 bits per heavy atom. The molecule has 0 atom stereocenters. The Morgan fingerprint density at radius 1 is 1.00 bits per heavy atom. The van der Waals surface area contributed by atoms with Crippen molar-refractivity contribution in [3.8, 4) is 11.5 Å². The molecule has 3 rings (SSSR count). The van der Waals surface area contributed by atoms with Crippen molar-refractivity contribution in [3.63, 3.8) is 0 Å². The van der Waals surface area contributed by atoms with Crippen LogP contribution < -0.4 is 4.72 Å². The third kappa shape index (κ3) is 4.43. The van der Waals surface area contributed by atoms with Gasteiger partial charge >= 0.3 is 0 Å². The molecule has 0 aliphatic heterocycles. The van der Waals surface area contributed by atoms with E-state index in [4.69, 9.17) is 4.42 Å². The van der Waals surface area contributed by atoms with Crippen LogP contribution in [0.15, 0.2) is 57.8 Å². The summed E-state index contributed by atoms with van der Waals surface area (Å²) >= 11 is 0. The average molecular weight is 385 g/mol. The second-order valence-corrected chi connectivity index (χ2v) is 9.18. The highest BCUT2D eigenvalue weighted by Crippen LogP contribution is 2.24. The lowest BCUT2D eigenvalue weighted by Gasteiger charge is -2.19. The molecule has 1 N–H and O–H groups in total. The number of aryl methyl sites for hydroxylation is 1. The van der Waals surface area contributed by atoms with E-state index in [0.29, 0.717) is 5.89 Å². The van der Waals surface area contributed by atoms with E-state index >= 15 is 0 Å². The van der Waals surface area contributed by atoms with Gasteiger partial charge in [-0.15, -0.1) is 10.2 Å². The maximum absolute atomic E-state index is 12.5. The lowest BCUT2D eigenvalue weighted by atomic mass is 9.87. The van der Waals surface area contributed by atoms with E-state index in [9.17, 15) is 8.42 Å². The van der Waals surface area contributed by atoms with Gasteiger partial charge < -0.3 is 4.42 Å². The molecule has 0 saturated carbocycles. The molecule has 0 spiro atoms. The first kappa shape index (κ1) is 19.3. The summed E-state index contributed by atoms with van der Waals surface area (Å²) in [6, 6.07) is 14.5. The van der Waals surface area contributed by atoms with E-state index in [1.807, 2.05) is 43.3 Å². The lowest BCUT2D eigenvalue weighted by Crippen LogP contribution is -2.23. The number of hydrogen-bond donors (Lipinski definition) is 1. The third-order valence-corrected chi connectivity index (χ3v) is 5.70. The van der Waals surface area contributed by atoms with Gasteiger partial charge in [-0.05, 0) is 41.7 Å². The second kappa shape index (κ2) is 7.25. The summed E-state index contributed by atoms with van der Waals surface area (Å²) < 4.78 is 33.1. The first-order chi connectivity index (χ1) is 12.7. The number of nitrogens with zero attached hydrogens (tertiary/aromatic N) is 2. The van der Waals surface area contributed by atoms with E-state index in [0.717, 1.165) is 16.7 Å². The molecule has 7 heteroatoms. The molecule has 142 valence electrons. The number of sulfonamides is 1. The molecule has 6 nitrogen and oxygen atoms in total. The molecule has 0 fully saturated rings. The molecule has 1 heterocycles. The quantitative estimate of drug-likeness (QED) is 0.722. The number of rotatable bonds is 5. The van der Waals surface area contributed by atoms with Crippen LogP contribution in [-0.2, 0) is 22.0 Å². The number of hydrogen-bond acceptors (Lipinski definition) is 5. The Hall–Kier alpha value is -2.51. The van der Waals surface area contributed by atoms with Crippen molar-refractivity contribution in [3.05, 3.63) is 65.5 Å². The van der Waals surface area contributed by atoms with Crippen LogP contribution in [0.3, 0.4) is 0 Å². The maximum Gasteiger partial charge on any atom is 0.248 e. The summed E-state index contributed by atoms with van der Waals surface area (Å²) in [4.78, 5) is 0.203. The molecular formula is C20H23N3O3S. The van der Waals surface area contributed by atoms with Crippen LogP contribution in [0.5, 0.6) is 0 Å².